The highest BCUT2D eigenvalue weighted by Crippen LogP contribution is 2.33. The minimum atomic E-state index is -0.337. The fourth-order valence-electron chi connectivity index (χ4n) is 1.54. The van der Waals surface area contributed by atoms with Crippen LogP contribution in [0.3, 0.4) is 0 Å². The van der Waals surface area contributed by atoms with E-state index in [0.717, 1.165) is 11.6 Å². The maximum atomic E-state index is 11.0. The van der Waals surface area contributed by atoms with E-state index in [1.807, 2.05) is 18.2 Å². The Hall–Kier alpha value is -2.23. The van der Waals surface area contributed by atoms with Gasteiger partial charge in [-0.3, -0.25) is 4.79 Å². The second-order valence-corrected chi connectivity index (χ2v) is 3.30. The average Bonchev–Trinajstić information content (AvgIpc) is 2.29. The van der Waals surface area contributed by atoms with Crippen LogP contribution in [-0.4, -0.2) is 17.2 Å². The topological polar surface area (TPSA) is 62.3 Å². The van der Waals surface area contributed by atoms with Gasteiger partial charge in [0.25, 0.3) is 5.56 Å². The molecule has 1 aromatic carbocycles. The number of hydrogen-bond acceptors (Lipinski definition) is 3. The summed E-state index contributed by atoms with van der Waals surface area (Å²) in [6, 6.07) is 8.42. The van der Waals surface area contributed by atoms with Crippen molar-refractivity contribution in [3.63, 3.8) is 0 Å². The van der Waals surface area contributed by atoms with Gasteiger partial charge in [0.15, 0.2) is 0 Å². The third kappa shape index (κ3) is 1.77. The highest BCUT2D eigenvalue weighted by molar-refractivity contribution is 5.74. The summed E-state index contributed by atoms with van der Waals surface area (Å²) in [5.74, 6) is 0.582. The van der Waals surface area contributed by atoms with Crippen molar-refractivity contribution in [2.24, 2.45) is 0 Å². The molecule has 0 fully saturated rings. The standard InChI is InChI=1S/C12H11NO3/c1-16-11-5-3-2-4-8(11)9-7-13-12(15)6-10(9)14/h2-7H,1H3,(H2,13,14,15). The third-order valence-electron chi connectivity index (χ3n) is 2.30. The predicted octanol–water partition coefficient (Wildman–Crippen LogP) is 1.76. The van der Waals surface area contributed by atoms with Crippen LogP contribution >= 0.6 is 0 Å². The van der Waals surface area contributed by atoms with Crippen LogP contribution in [0.25, 0.3) is 11.1 Å². The molecule has 2 N–H and O–H groups in total. The van der Waals surface area contributed by atoms with Crippen molar-refractivity contribution in [3.05, 3.63) is 46.9 Å². The molecule has 0 atom stereocenters. The van der Waals surface area contributed by atoms with Gasteiger partial charge in [-0.2, -0.15) is 0 Å². The fraction of sp³-hybridized carbons (Fsp3) is 0.0833. The van der Waals surface area contributed by atoms with Gasteiger partial charge in [-0.25, -0.2) is 0 Å². The van der Waals surface area contributed by atoms with Gasteiger partial charge in [-0.15, -0.1) is 0 Å². The fourth-order valence-corrected chi connectivity index (χ4v) is 1.54. The Morgan fingerprint density at radius 3 is 2.69 bits per heavy atom. The second-order valence-electron chi connectivity index (χ2n) is 3.30. The number of methoxy groups -OCH3 is 1. The summed E-state index contributed by atoms with van der Waals surface area (Å²) in [5.41, 5.74) is 0.937. The molecular weight excluding hydrogens is 206 g/mol. The molecule has 4 nitrogen and oxygen atoms in total. The molecule has 82 valence electrons. The van der Waals surface area contributed by atoms with Gasteiger partial charge in [0.1, 0.15) is 11.5 Å². The third-order valence-corrected chi connectivity index (χ3v) is 2.30. The van der Waals surface area contributed by atoms with Gasteiger partial charge in [0.2, 0.25) is 0 Å². The largest absolute Gasteiger partial charge is 0.507 e. The molecule has 0 aliphatic carbocycles. The molecule has 0 saturated carbocycles. The average molecular weight is 217 g/mol. The molecule has 16 heavy (non-hydrogen) atoms. The Morgan fingerprint density at radius 2 is 2.00 bits per heavy atom. The molecule has 4 heteroatoms. The minimum absolute atomic E-state index is 0.0618. The summed E-state index contributed by atoms with van der Waals surface area (Å²) in [5, 5.41) is 9.69. The second kappa shape index (κ2) is 4.10. The molecule has 2 rings (SSSR count). The quantitative estimate of drug-likeness (QED) is 0.805. The summed E-state index contributed by atoms with van der Waals surface area (Å²) < 4.78 is 5.18. The van der Waals surface area contributed by atoms with E-state index in [4.69, 9.17) is 4.74 Å². The number of aromatic amines is 1. The molecule has 1 heterocycles. The van der Waals surface area contributed by atoms with E-state index in [2.05, 4.69) is 4.98 Å². The Kier molecular flexibility index (Phi) is 2.64. The minimum Gasteiger partial charge on any atom is -0.507 e. The van der Waals surface area contributed by atoms with E-state index >= 15 is 0 Å². The van der Waals surface area contributed by atoms with Crippen molar-refractivity contribution < 1.29 is 9.84 Å². The molecule has 2 aromatic rings. The van der Waals surface area contributed by atoms with E-state index < -0.39 is 0 Å². The number of rotatable bonds is 2. The first-order valence-corrected chi connectivity index (χ1v) is 4.77. The van der Waals surface area contributed by atoms with Crippen molar-refractivity contribution in [2.45, 2.75) is 0 Å². The number of benzene rings is 1. The Labute approximate surface area is 92.1 Å². The van der Waals surface area contributed by atoms with E-state index in [1.165, 1.54) is 6.20 Å². The van der Waals surface area contributed by atoms with Gasteiger partial charge in [0.05, 0.1) is 7.11 Å². The van der Waals surface area contributed by atoms with Gasteiger partial charge in [0, 0.05) is 23.4 Å². The number of aromatic hydroxyl groups is 1. The normalized spacial score (nSPS) is 10.1. The summed E-state index contributed by atoms with van der Waals surface area (Å²) in [7, 11) is 1.56. The van der Waals surface area contributed by atoms with E-state index in [1.54, 1.807) is 13.2 Å². The number of pyridine rings is 1. The van der Waals surface area contributed by atoms with Crippen LogP contribution in [0, 0.1) is 0 Å². The SMILES string of the molecule is COc1ccccc1-c1c[nH]c(=O)cc1O. The Balaban J connectivity index is 2.63. The molecule has 0 bridgehead atoms. The van der Waals surface area contributed by atoms with Crippen LogP contribution in [-0.2, 0) is 0 Å². The lowest BCUT2D eigenvalue weighted by Crippen LogP contribution is -2.02. The van der Waals surface area contributed by atoms with Gasteiger partial charge < -0.3 is 14.8 Å². The maximum Gasteiger partial charge on any atom is 0.251 e. The van der Waals surface area contributed by atoms with Gasteiger partial charge in [-0.05, 0) is 6.07 Å². The summed E-state index contributed by atoms with van der Waals surface area (Å²) >= 11 is 0. The van der Waals surface area contributed by atoms with Crippen molar-refractivity contribution >= 4 is 0 Å². The lowest BCUT2D eigenvalue weighted by Gasteiger charge is -2.08. The van der Waals surface area contributed by atoms with Crippen LogP contribution in [0.1, 0.15) is 0 Å². The lowest BCUT2D eigenvalue weighted by molar-refractivity contribution is 0.415. The van der Waals surface area contributed by atoms with Crippen LogP contribution in [0.15, 0.2) is 41.3 Å². The summed E-state index contributed by atoms with van der Waals surface area (Å²) in [4.78, 5) is 13.5. The van der Waals surface area contributed by atoms with Crippen LogP contribution < -0.4 is 10.3 Å². The van der Waals surface area contributed by atoms with E-state index in [-0.39, 0.29) is 11.3 Å². The number of aromatic nitrogens is 1. The number of ether oxygens (including phenoxy) is 1. The highest BCUT2D eigenvalue weighted by Gasteiger charge is 2.09. The molecule has 0 saturated heterocycles. The first-order chi connectivity index (χ1) is 7.72. The van der Waals surface area contributed by atoms with Crippen molar-refractivity contribution in [1.82, 2.24) is 4.98 Å². The summed E-state index contributed by atoms with van der Waals surface area (Å²) in [6.07, 6.45) is 1.47. The van der Waals surface area contributed by atoms with Gasteiger partial charge in [-0.1, -0.05) is 18.2 Å². The molecule has 0 unspecified atom stereocenters. The molecule has 0 aliphatic heterocycles. The highest BCUT2D eigenvalue weighted by atomic mass is 16.5. The van der Waals surface area contributed by atoms with Crippen molar-refractivity contribution in [3.8, 4) is 22.6 Å². The van der Waals surface area contributed by atoms with E-state index in [0.29, 0.717) is 11.3 Å². The number of para-hydroxylation sites is 1. The molecule has 0 amide bonds. The molecular formula is C12H11NO3. The Morgan fingerprint density at radius 1 is 1.25 bits per heavy atom. The molecule has 0 aliphatic rings. The van der Waals surface area contributed by atoms with Crippen molar-refractivity contribution in [1.29, 1.82) is 0 Å². The monoisotopic (exact) mass is 217 g/mol. The van der Waals surface area contributed by atoms with Crippen LogP contribution in [0.4, 0.5) is 0 Å². The van der Waals surface area contributed by atoms with Crippen LogP contribution in [0.5, 0.6) is 11.5 Å². The lowest BCUT2D eigenvalue weighted by atomic mass is 10.1. The first-order valence-electron chi connectivity index (χ1n) is 4.77. The predicted molar refractivity (Wildman–Crippen MR) is 60.7 cm³/mol. The molecule has 0 spiro atoms. The van der Waals surface area contributed by atoms with E-state index in [9.17, 15) is 9.90 Å². The number of hydrogen-bond donors (Lipinski definition) is 2. The maximum absolute atomic E-state index is 11.0. The van der Waals surface area contributed by atoms with Crippen molar-refractivity contribution in [2.75, 3.05) is 7.11 Å². The van der Waals surface area contributed by atoms with Gasteiger partial charge >= 0.3 is 0 Å². The smallest absolute Gasteiger partial charge is 0.251 e. The zero-order chi connectivity index (χ0) is 11.5. The zero-order valence-corrected chi connectivity index (χ0v) is 8.73. The summed E-state index contributed by atoms with van der Waals surface area (Å²) in [6.45, 7) is 0. The first kappa shape index (κ1) is 10.3. The zero-order valence-electron chi connectivity index (χ0n) is 8.73. The Bertz CT molecular complexity index is 560. The molecule has 1 aromatic heterocycles. The number of nitrogens with one attached hydrogen (secondary N) is 1. The number of H-pyrrole nitrogens is 1. The van der Waals surface area contributed by atoms with Crippen LogP contribution in [0.2, 0.25) is 0 Å². The molecule has 0 radical (unpaired) electrons.